The molecule has 0 aromatic heterocycles. The molecule has 0 fully saturated rings. The zero-order chi connectivity index (χ0) is 13.1. The van der Waals surface area contributed by atoms with Gasteiger partial charge in [-0.3, -0.25) is 4.90 Å². The molecule has 4 heteroatoms. The summed E-state index contributed by atoms with van der Waals surface area (Å²) in [4.78, 5) is 15.5. The lowest BCUT2D eigenvalue weighted by atomic mass is 10.1. The van der Waals surface area contributed by atoms with Crippen LogP contribution in [0.2, 0.25) is 0 Å². The first-order valence-corrected chi connectivity index (χ1v) is 6.42. The SMILES string of the molecule is CCCC(O)CN1C(=O)N(C)Cc2ccccc21. The molecule has 1 heterocycles. The lowest BCUT2D eigenvalue weighted by Crippen LogP contribution is -2.48. The topological polar surface area (TPSA) is 43.8 Å². The van der Waals surface area contributed by atoms with Crippen LogP contribution >= 0.6 is 0 Å². The van der Waals surface area contributed by atoms with E-state index in [4.69, 9.17) is 0 Å². The third-order valence-electron chi connectivity index (χ3n) is 3.26. The van der Waals surface area contributed by atoms with Crippen molar-refractivity contribution >= 4 is 11.7 Å². The van der Waals surface area contributed by atoms with Crippen LogP contribution in [-0.2, 0) is 6.54 Å². The predicted molar refractivity (Wildman–Crippen MR) is 71.6 cm³/mol. The Kier molecular flexibility index (Phi) is 3.87. The molecule has 1 N–H and O–H groups in total. The van der Waals surface area contributed by atoms with Gasteiger partial charge in [-0.2, -0.15) is 0 Å². The highest BCUT2D eigenvalue weighted by molar-refractivity contribution is 5.94. The molecule has 0 bridgehead atoms. The number of benzene rings is 1. The van der Waals surface area contributed by atoms with Crippen LogP contribution in [0.15, 0.2) is 24.3 Å². The maximum absolute atomic E-state index is 12.2. The smallest absolute Gasteiger partial charge is 0.324 e. The Morgan fingerprint density at radius 1 is 1.39 bits per heavy atom. The number of aliphatic hydroxyl groups is 1. The van der Waals surface area contributed by atoms with E-state index in [1.165, 1.54) is 0 Å². The number of rotatable bonds is 4. The van der Waals surface area contributed by atoms with Gasteiger partial charge in [-0.1, -0.05) is 31.5 Å². The molecule has 4 nitrogen and oxygen atoms in total. The van der Waals surface area contributed by atoms with Crippen LogP contribution in [0.3, 0.4) is 0 Å². The summed E-state index contributed by atoms with van der Waals surface area (Å²) in [7, 11) is 1.79. The van der Waals surface area contributed by atoms with Crippen LogP contribution < -0.4 is 4.90 Å². The first-order valence-electron chi connectivity index (χ1n) is 6.42. The number of para-hydroxylation sites is 1. The van der Waals surface area contributed by atoms with Gasteiger partial charge in [-0.15, -0.1) is 0 Å². The molecule has 18 heavy (non-hydrogen) atoms. The minimum atomic E-state index is -0.460. The van der Waals surface area contributed by atoms with Crippen molar-refractivity contribution in [2.75, 3.05) is 18.5 Å². The van der Waals surface area contributed by atoms with Gasteiger partial charge in [0.2, 0.25) is 0 Å². The number of urea groups is 1. The molecule has 1 aliphatic rings. The maximum Gasteiger partial charge on any atom is 0.324 e. The van der Waals surface area contributed by atoms with Crippen LogP contribution in [0.25, 0.3) is 0 Å². The van der Waals surface area contributed by atoms with Gasteiger partial charge in [0.1, 0.15) is 0 Å². The van der Waals surface area contributed by atoms with Crippen molar-refractivity contribution in [2.24, 2.45) is 0 Å². The number of carbonyl (C=O) groups is 1. The zero-order valence-corrected chi connectivity index (χ0v) is 11.0. The molecular formula is C14H20N2O2. The normalized spacial score (nSPS) is 16.7. The number of hydrogen-bond donors (Lipinski definition) is 1. The first kappa shape index (κ1) is 12.9. The van der Waals surface area contributed by atoms with Crippen LogP contribution in [0.5, 0.6) is 0 Å². The third-order valence-corrected chi connectivity index (χ3v) is 3.26. The van der Waals surface area contributed by atoms with Gasteiger partial charge in [0.25, 0.3) is 0 Å². The highest BCUT2D eigenvalue weighted by Gasteiger charge is 2.28. The molecule has 1 aromatic rings. The Labute approximate surface area is 108 Å². The summed E-state index contributed by atoms with van der Waals surface area (Å²) in [6.07, 6.45) is 1.18. The Bertz CT molecular complexity index is 434. The molecule has 1 atom stereocenters. The van der Waals surface area contributed by atoms with Crippen molar-refractivity contribution in [3.8, 4) is 0 Å². The van der Waals surface area contributed by atoms with Crippen molar-refractivity contribution in [1.82, 2.24) is 4.90 Å². The van der Waals surface area contributed by atoms with Crippen LogP contribution in [0, 0.1) is 0 Å². The van der Waals surface area contributed by atoms with Crippen molar-refractivity contribution in [1.29, 1.82) is 0 Å². The molecule has 2 amide bonds. The number of hydrogen-bond acceptors (Lipinski definition) is 2. The van der Waals surface area contributed by atoms with Gasteiger partial charge >= 0.3 is 6.03 Å². The fraction of sp³-hybridized carbons (Fsp3) is 0.500. The van der Waals surface area contributed by atoms with E-state index >= 15 is 0 Å². The van der Waals surface area contributed by atoms with Gasteiger partial charge in [0.05, 0.1) is 18.3 Å². The Morgan fingerprint density at radius 2 is 2.11 bits per heavy atom. The second-order valence-electron chi connectivity index (χ2n) is 4.82. The fourth-order valence-electron chi connectivity index (χ4n) is 2.35. The number of anilines is 1. The zero-order valence-electron chi connectivity index (χ0n) is 11.0. The summed E-state index contributed by atoms with van der Waals surface area (Å²) in [5.74, 6) is 0. The van der Waals surface area contributed by atoms with E-state index in [1.54, 1.807) is 16.8 Å². The summed E-state index contributed by atoms with van der Waals surface area (Å²) in [6.45, 7) is 3.03. The first-order chi connectivity index (χ1) is 8.63. The Morgan fingerprint density at radius 3 is 2.83 bits per heavy atom. The summed E-state index contributed by atoms with van der Waals surface area (Å²) >= 11 is 0. The number of aliphatic hydroxyl groups excluding tert-OH is 1. The number of amides is 2. The average molecular weight is 248 g/mol. The van der Waals surface area contributed by atoms with Crippen molar-refractivity contribution in [3.05, 3.63) is 29.8 Å². The van der Waals surface area contributed by atoms with Crippen LogP contribution in [-0.4, -0.2) is 35.7 Å². The molecule has 1 aromatic carbocycles. The Balaban J connectivity index is 2.24. The molecule has 1 unspecified atom stereocenters. The van der Waals surface area contributed by atoms with Gasteiger partial charge in [0.15, 0.2) is 0 Å². The van der Waals surface area contributed by atoms with E-state index in [0.29, 0.717) is 13.1 Å². The van der Waals surface area contributed by atoms with Crippen LogP contribution in [0.1, 0.15) is 25.3 Å². The second-order valence-corrected chi connectivity index (χ2v) is 4.82. The molecule has 0 spiro atoms. The molecule has 0 aliphatic carbocycles. The molecular weight excluding hydrogens is 228 g/mol. The lowest BCUT2D eigenvalue weighted by Gasteiger charge is -2.36. The van der Waals surface area contributed by atoms with E-state index in [-0.39, 0.29) is 6.03 Å². The molecule has 1 aliphatic heterocycles. The average Bonchev–Trinajstić information content (AvgIpc) is 2.35. The summed E-state index contributed by atoms with van der Waals surface area (Å²) in [5.41, 5.74) is 2.05. The highest BCUT2D eigenvalue weighted by atomic mass is 16.3. The quantitative estimate of drug-likeness (QED) is 0.888. The second kappa shape index (κ2) is 5.40. The minimum Gasteiger partial charge on any atom is -0.391 e. The minimum absolute atomic E-state index is 0.0381. The molecule has 0 radical (unpaired) electrons. The van der Waals surface area contributed by atoms with Gasteiger partial charge in [-0.25, -0.2) is 4.79 Å². The van der Waals surface area contributed by atoms with E-state index in [9.17, 15) is 9.90 Å². The standard InChI is InChI=1S/C14H20N2O2/c1-3-6-12(17)10-16-13-8-5-4-7-11(13)9-15(2)14(16)18/h4-5,7-8,12,17H,3,6,9-10H2,1-2H3. The third kappa shape index (κ3) is 2.48. The fourth-order valence-corrected chi connectivity index (χ4v) is 2.35. The summed E-state index contributed by atoms with van der Waals surface area (Å²) in [5, 5.41) is 9.92. The largest absolute Gasteiger partial charge is 0.391 e. The highest BCUT2D eigenvalue weighted by Crippen LogP contribution is 2.27. The van der Waals surface area contributed by atoms with E-state index in [0.717, 1.165) is 24.1 Å². The van der Waals surface area contributed by atoms with E-state index < -0.39 is 6.10 Å². The molecule has 2 rings (SSSR count). The lowest BCUT2D eigenvalue weighted by molar-refractivity contribution is 0.162. The molecule has 0 saturated carbocycles. The van der Waals surface area contributed by atoms with Crippen molar-refractivity contribution in [2.45, 2.75) is 32.4 Å². The van der Waals surface area contributed by atoms with Crippen molar-refractivity contribution < 1.29 is 9.90 Å². The summed E-state index contributed by atoms with van der Waals surface area (Å²) in [6, 6.07) is 7.83. The molecule has 0 saturated heterocycles. The van der Waals surface area contributed by atoms with E-state index in [1.807, 2.05) is 31.2 Å². The van der Waals surface area contributed by atoms with Crippen molar-refractivity contribution in [3.63, 3.8) is 0 Å². The predicted octanol–water partition coefficient (Wildman–Crippen LogP) is 2.22. The summed E-state index contributed by atoms with van der Waals surface area (Å²) < 4.78 is 0. The number of fused-ring (bicyclic) bond motifs is 1. The van der Waals surface area contributed by atoms with Gasteiger partial charge in [-0.05, 0) is 18.1 Å². The van der Waals surface area contributed by atoms with Gasteiger partial charge < -0.3 is 10.0 Å². The maximum atomic E-state index is 12.2. The van der Waals surface area contributed by atoms with Gasteiger partial charge in [0, 0.05) is 13.6 Å². The van der Waals surface area contributed by atoms with E-state index in [2.05, 4.69) is 0 Å². The Hall–Kier alpha value is -1.55. The molecule has 98 valence electrons. The number of carbonyl (C=O) groups excluding carboxylic acids is 1. The monoisotopic (exact) mass is 248 g/mol. The number of β-amino-alcohol motifs (C(OH)–C–C–N with tert-alkyl or cyclic N) is 1. The number of nitrogens with zero attached hydrogens (tertiary/aromatic N) is 2. The van der Waals surface area contributed by atoms with Crippen LogP contribution in [0.4, 0.5) is 10.5 Å².